The van der Waals surface area contributed by atoms with Crippen molar-refractivity contribution in [2.24, 2.45) is 0 Å². The zero-order chi connectivity index (χ0) is 23.9. The van der Waals surface area contributed by atoms with Gasteiger partial charge in [0.2, 0.25) is 0 Å². The fraction of sp³-hybridized carbons (Fsp3) is 0.310. The molecule has 0 bridgehead atoms. The summed E-state index contributed by atoms with van der Waals surface area (Å²) in [4.78, 5) is 17.0. The number of benzene rings is 1. The third-order valence-corrected chi connectivity index (χ3v) is 4.84. The summed E-state index contributed by atoms with van der Waals surface area (Å²) in [6, 6.07) is 5.79. The van der Waals surface area contributed by atoms with Crippen molar-refractivity contribution in [3.05, 3.63) is 95.9 Å². The molecule has 0 aliphatic heterocycles. The highest BCUT2D eigenvalue weighted by molar-refractivity contribution is 5.99. The monoisotopic (exact) mass is 430 g/mol. The number of allylic oxidation sites excluding steroid dienone is 10. The molecule has 0 spiro atoms. The van der Waals surface area contributed by atoms with Crippen LogP contribution in [0.25, 0.3) is 17.1 Å². The van der Waals surface area contributed by atoms with Crippen LogP contribution in [0.15, 0.2) is 84.5 Å². The number of fused-ring (bicyclic) bond motifs is 1. The van der Waals surface area contributed by atoms with E-state index in [0.29, 0.717) is 6.42 Å². The van der Waals surface area contributed by atoms with Gasteiger partial charge in [0.1, 0.15) is 5.82 Å². The highest BCUT2D eigenvalue weighted by atomic mass is 16.1. The molecule has 0 unspecified atom stereocenters. The van der Waals surface area contributed by atoms with E-state index in [4.69, 9.17) is 4.98 Å². The van der Waals surface area contributed by atoms with Crippen LogP contribution in [0.3, 0.4) is 0 Å². The molecule has 1 heterocycles. The minimum atomic E-state index is 0.148. The Kier molecular flexibility index (Phi) is 12.4. The van der Waals surface area contributed by atoms with E-state index in [0.717, 1.165) is 35.4 Å². The number of Topliss-reactive ketones (excluding diaryl/α,β-unsaturated/α-hetero) is 1. The van der Waals surface area contributed by atoms with E-state index in [-0.39, 0.29) is 5.78 Å². The largest absolute Gasteiger partial charge is 0.320 e. The molecule has 32 heavy (non-hydrogen) atoms. The van der Waals surface area contributed by atoms with Gasteiger partial charge in [0, 0.05) is 18.5 Å². The Morgan fingerprint density at radius 1 is 1.16 bits per heavy atom. The molecule has 1 aromatic carbocycles. The van der Waals surface area contributed by atoms with E-state index < -0.39 is 0 Å². The molecule has 0 saturated carbocycles. The van der Waals surface area contributed by atoms with Crippen LogP contribution in [0, 0.1) is 0 Å². The van der Waals surface area contributed by atoms with Gasteiger partial charge >= 0.3 is 0 Å². The van der Waals surface area contributed by atoms with E-state index in [1.165, 1.54) is 11.1 Å². The second-order valence-electron chi connectivity index (χ2n) is 6.76. The number of rotatable bonds is 7. The lowest BCUT2D eigenvalue weighted by Gasteiger charge is -2.12. The topological polar surface area (TPSA) is 34.9 Å². The maximum Gasteiger partial charge on any atom is 0.162 e. The van der Waals surface area contributed by atoms with Crippen LogP contribution in [0.1, 0.15) is 70.6 Å². The lowest BCUT2D eigenvalue weighted by Crippen LogP contribution is -2.05. The van der Waals surface area contributed by atoms with Crippen LogP contribution in [-0.4, -0.2) is 15.3 Å². The van der Waals surface area contributed by atoms with E-state index in [1.54, 1.807) is 6.08 Å². The van der Waals surface area contributed by atoms with Crippen molar-refractivity contribution in [3.63, 3.8) is 0 Å². The van der Waals surface area contributed by atoms with Gasteiger partial charge in [-0.05, 0) is 48.8 Å². The first-order valence-electron chi connectivity index (χ1n) is 11.7. The molecule has 0 N–H and O–H groups in total. The van der Waals surface area contributed by atoms with E-state index in [9.17, 15) is 4.79 Å². The molecule has 0 atom stereocenters. The standard InChI is InChI=1S/C25H26N2O.2C2H6/c1-4-6-7-11-14-25-26-22-16-15-20(24(28)5-2)17-23(22)27(25)18-21-13-10-8-9-12-19(21)3;2*1-2/h4,6-9,11-17H,1,5,10,18H2,2-3H3;2*1-2H3/b7-6-,14-11+;;. The molecule has 1 aliphatic carbocycles. The van der Waals surface area contributed by atoms with Crippen molar-refractivity contribution < 1.29 is 4.79 Å². The molecule has 3 heteroatoms. The van der Waals surface area contributed by atoms with Crippen molar-refractivity contribution in [1.82, 2.24) is 9.55 Å². The smallest absolute Gasteiger partial charge is 0.162 e. The van der Waals surface area contributed by atoms with E-state index >= 15 is 0 Å². The highest BCUT2D eigenvalue weighted by Gasteiger charge is 2.14. The maximum atomic E-state index is 12.2. The van der Waals surface area contributed by atoms with Crippen molar-refractivity contribution in [3.8, 4) is 0 Å². The Labute approximate surface area is 194 Å². The molecular formula is C29H38N2O. The lowest BCUT2D eigenvalue weighted by molar-refractivity contribution is 0.0988. The maximum absolute atomic E-state index is 12.2. The summed E-state index contributed by atoms with van der Waals surface area (Å²) in [5.74, 6) is 1.02. The molecule has 0 fully saturated rings. The quantitative estimate of drug-likeness (QED) is 0.327. The minimum absolute atomic E-state index is 0.148. The number of hydrogen-bond donors (Lipinski definition) is 0. The molecule has 3 rings (SSSR count). The Morgan fingerprint density at radius 2 is 1.91 bits per heavy atom. The van der Waals surface area contributed by atoms with Crippen LogP contribution in [-0.2, 0) is 6.54 Å². The van der Waals surface area contributed by atoms with Gasteiger partial charge in [0.15, 0.2) is 5.78 Å². The number of imidazole rings is 1. The molecule has 0 saturated heterocycles. The van der Waals surface area contributed by atoms with Crippen molar-refractivity contribution in [1.29, 1.82) is 0 Å². The summed E-state index contributed by atoms with van der Waals surface area (Å²) in [5, 5.41) is 0. The first-order valence-corrected chi connectivity index (χ1v) is 11.7. The zero-order valence-electron chi connectivity index (χ0n) is 20.6. The molecule has 0 radical (unpaired) electrons. The molecule has 0 amide bonds. The molecule has 170 valence electrons. The third kappa shape index (κ3) is 7.19. The van der Waals surface area contributed by atoms with Gasteiger partial charge in [-0.1, -0.05) is 89.8 Å². The van der Waals surface area contributed by atoms with Crippen LogP contribution in [0.4, 0.5) is 0 Å². The number of carbonyl (C=O) groups excluding carboxylic acids is 1. The molecule has 3 nitrogen and oxygen atoms in total. The molecule has 1 aliphatic rings. The Bertz CT molecular complexity index is 1040. The molecule has 2 aromatic rings. The van der Waals surface area contributed by atoms with Crippen LogP contribution < -0.4 is 0 Å². The Morgan fingerprint density at radius 3 is 2.59 bits per heavy atom. The van der Waals surface area contributed by atoms with Gasteiger partial charge < -0.3 is 4.57 Å². The van der Waals surface area contributed by atoms with Crippen LogP contribution >= 0.6 is 0 Å². The van der Waals surface area contributed by atoms with Gasteiger partial charge in [-0.25, -0.2) is 4.98 Å². The van der Waals surface area contributed by atoms with E-state index in [2.05, 4.69) is 42.4 Å². The van der Waals surface area contributed by atoms with Gasteiger partial charge in [0.25, 0.3) is 0 Å². The van der Waals surface area contributed by atoms with Gasteiger partial charge in [-0.3, -0.25) is 4.79 Å². The summed E-state index contributed by atoms with van der Waals surface area (Å²) < 4.78 is 2.19. The first kappa shape index (κ1) is 26.8. The number of nitrogens with zero attached hydrogens (tertiary/aromatic N) is 2. The molecular weight excluding hydrogens is 392 g/mol. The summed E-state index contributed by atoms with van der Waals surface area (Å²) >= 11 is 0. The van der Waals surface area contributed by atoms with E-state index in [1.807, 2.05) is 77.1 Å². The number of ketones is 1. The average molecular weight is 431 g/mol. The van der Waals surface area contributed by atoms with Gasteiger partial charge in [-0.2, -0.15) is 0 Å². The number of hydrogen-bond acceptors (Lipinski definition) is 2. The summed E-state index contributed by atoms with van der Waals surface area (Å²) in [6.07, 6.45) is 19.6. The predicted molar refractivity (Wildman–Crippen MR) is 141 cm³/mol. The Hall–Kier alpha value is -3.20. The SMILES string of the molecule is C=C/C=C\C=C\c1nc2ccc(C(=O)CC)cc2n1CC1=CCC=CC=C1C.CC.CC. The van der Waals surface area contributed by atoms with Gasteiger partial charge in [0.05, 0.1) is 11.0 Å². The van der Waals surface area contributed by atoms with Crippen LogP contribution in [0.5, 0.6) is 0 Å². The number of aromatic nitrogens is 2. The molecule has 1 aromatic heterocycles. The zero-order valence-corrected chi connectivity index (χ0v) is 20.6. The normalized spacial score (nSPS) is 13.1. The van der Waals surface area contributed by atoms with Gasteiger partial charge in [-0.15, -0.1) is 0 Å². The first-order chi connectivity index (χ1) is 15.6. The summed E-state index contributed by atoms with van der Waals surface area (Å²) in [7, 11) is 0. The second kappa shape index (κ2) is 14.7. The van der Waals surface area contributed by atoms with Crippen LogP contribution in [0.2, 0.25) is 0 Å². The van der Waals surface area contributed by atoms with Crippen molar-refractivity contribution >= 4 is 22.9 Å². The number of carbonyl (C=O) groups is 1. The fourth-order valence-electron chi connectivity index (χ4n) is 3.23. The average Bonchev–Trinajstić information content (AvgIpc) is 3.05. The Balaban J connectivity index is 0.00000121. The lowest BCUT2D eigenvalue weighted by atomic mass is 10.1. The van der Waals surface area contributed by atoms with Crippen molar-refractivity contribution in [2.75, 3.05) is 0 Å². The third-order valence-electron chi connectivity index (χ3n) is 4.84. The highest BCUT2D eigenvalue weighted by Crippen LogP contribution is 2.24. The summed E-state index contributed by atoms with van der Waals surface area (Å²) in [5.41, 5.74) is 5.14. The second-order valence-corrected chi connectivity index (χ2v) is 6.76. The minimum Gasteiger partial charge on any atom is -0.320 e. The van der Waals surface area contributed by atoms with Crippen molar-refractivity contribution in [2.45, 2.75) is 60.9 Å². The predicted octanol–water partition coefficient (Wildman–Crippen LogP) is 8.27. The summed E-state index contributed by atoms with van der Waals surface area (Å²) in [6.45, 7) is 16.4. The fourth-order valence-corrected chi connectivity index (χ4v) is 3.23.